The Hall–Kier alpha value is -1.45. The fourth-order valence-electron chi connectivity index (χ4n) is 8.03. The van der Waals surface area contributed by atoms with Crippen LogP contribution in [0.2, 0.25) is 0 Å². The highest BCUT2D eigenvalue weighted by atomic mass is 16.5. The Morgan fingerprint density at radius 2 is 1.87 bits per heavy atom. The number of rotatable bonds is 6. The summed E-state index contributed by atoms with van der Waals surface area (Å²) < 4.78 is 6.21. The first-order chi connectivity index (χ1) is 14.7. The van der Waals surface area contributed by atoms with Crippen LogP contribution in [0.1, 0.15) is 98.3 Å². The number of ketones is 2. The second kappa shape index (κ2) is 8.48. The van der Waals surface area contributed by atoms with Crippen molar-refractivity contribution >= 4 is 17.5 Å². The molecule has 4 heteroatoms. The molecule has 4 nitrogen and oxygen atoms in total. The van der Waals surface area contributed by atoms with Crippen molar-refractivity contribution in [2.75, 3.05) is 0 Å². The van der Waals surface area contributed by atoms with Crippen LogP contribution in [-0.4, -0.2) is 23.6 Å². The quantitative estimate of drug-likeness (QED) is 0.395. The van der Waals surface area contributed by atoms with Gasteiger partial charge in [-0.05, 0) is 74.2 Å². The lowest BCUT2D eigenvalue weighted by Crippen LogP contribution is -2.56. The van der Waals surface area contributed by atoms with Gasteiger partial charge in [0.2, 0.25) is 0 Å². The Kier molecular flexibility index (Phi) is 6.22. The molecule has 31 heavy (non-hydrogen) atoms. The molecular weight excluding hydrogens is 388 g/mol. The van der Waals surface area contributed by atoms with E-state index in [1.54, 1.807) is 6.92 Å². The normalized spacial score (nSPS) is 41.6. The molecule has 3 fully saturated rings. The molecule has 0 saturated heterocycles. The van der Waals surface area contributed by atoms with Crippen molar-refractivity contribution < 1.29 is 19.1 Å². The maximum atomic E-state index is 12.7. The molecule has 0 aliphatic heterocycles. The third-order valence-corrected chi connectivity index (χ3v) is 9.72. The van der Waals surface area contributed by atoms with Crippen LogP contribution >= 0.6 is 0 Å². The summed E-state index contributed by atoms with van der Waals surface area (Å²) in [5.74, 6) is 1.74. The first kappa shape index (κ1) is 22.7. The highest BCUT2D eigenvalue weighted by molar-refractivity contribution is 5.91. The Morgan fingerprint density at radius 3 is 2.58 bits per heavy atom. The van der Waals surface area contributed by atoms with Gasteiger partial charge in [0, 0.05) is 31.1 Å². The third kappa shape index (κ3) is 3.82. The molecule has 0 bridgehead atoms. The van der Waals surface area contributed by atoms with Gasteiger partial charge >= 0.3 is 5.97 Å². The minimum Gasteiger partial charge on any atom is -0.462 e. The lowest BCUT2D eigenvalue weighted by molar-refractivity contribution is -0.169. The van der Waals surface area contributed by atoms with E-state index in [0.29, 0.717) is 42.8 Å². The SMILES string of the molecule is CCCCCC(=O)OC1CC2=CC(=O)CC[C@]2(C)[C@H]2CC[C@]3(C)[C@@H](C(C)=O)CC[C@H]3[C@H]12. The van der Waals surface area contributed by atoms with E-state index < -0.39 is 0 Å². The van der Waals surface area contributed by atoms with Gasteiger partial charge in [-0.3, -0.25) is 14.4 Å². The maximum absolute atomic E-state index is 12.7. The molecule has 3 saturated carbocycles. The Balaban J connectivity index is 1.66. The largest absolute Gasteiger partial charge is 0.462 e. The van der Waals surface area contributed by atoms with Crippen molar-refractivity contribution in [2.24, 2.45) is 34.5 Å². The number of carbonyl (C=O) groups excluding carboxylic acids is 3. The topological polar surface area (TPSA) is 60.4 Å². The first-order valence-corrected chi connectivity index (χ1v) is 12.6. The molecule has 0 amide bonds. The fraction of sp³-hybridized carbons (Fsp3) is 0.815. The molecule has 4 rings (SSSR count). The number of hydrogen-bond donors (Lipinski definition) is 0. The van der Waals surface area contributed by atoms with Gasteiger partial charge in [0.05, 0.1) is 0 Å². The van der Waals surface area contributed by atoms with Crippen LogP contribution in [0.4, 0.5) is 0 Å². The smallest absolute Gasteiger partial charge is 0.306 e. The van der Waals surface area contributed by atoms with Crippen LogP contribution in [0.15, 0.2) is 11.6 Å². The van der Waals surface area contributed by atoms with Crippen molar-refractivity contribution in [1.82, 2.24) is 0 Å². The van der Waals surface area contributed by atoms with Gasteiger partial charge in [0.25, 0.3) is 0 Å². The molecule has 0 aromatic heterocycles. The van der Waals surface area contributed by atoms with E-state index >= 15 is 0 Å². The average molecular weight is 429 g/mol. The van der Waals surface area contributed by atoms with Crippen LogP contribution in [0.3, 0.4) is 0 Å². The number of Topliss-reactive ketones (excluding diaryl/α,β-unsaturated/α-hetero) is 1. The predicted octanol–water partition coefficient (Wildman–Crippen LogP) is 5.83. The van der Waals surface area contributed by atoms with Crippen molar-refractivity contribution in [3.05, 3.63) is 11.6 Å². The van der Waals surface area contributed by atoms with Crippen LogP contribution < -0.4 is 0 Å². The lowest BCUT2D eigenvalue weighted by atomic mass is 9.46. The molecule has 7 atom stereocenters. The molecule has 4 aliphatic carbocycles. The van der Waals surface area contributed by atoms with E-state index in [0.717, 1.165) is 51.4 Å². The van der Waals surface area contributed by atoms with Crippen molar-refractivity contribution in [1.29, 1.82) is 0 Å². The van der Waals surface area contributed by atoms with E-state index in [1.807, 2.05) is 6.08 Å². The second-order valence-electron chi connectivity index (χ2n) is 11.3. The molecule has 0 aromatic carbocycles. The van der Waals surface area contributed by atoms with Crippen LogP contribution in [0, 0.1) is 34.5 Å². The highest BCUT2D eigenvalue weighted by Crippen LogP contribution is 2.67. The Bertz CT molecular complexity index is 782. The molecule has 0 heterocycles. The van der Waals surface area contributed by atoms with Crippen molar-refractivity contribution in [3.8, 4) is 0 Å². The molecule has 0 spiro atoms. The molecule has 0 N–H and O–H groups in total. The summed E-state index contributed by atoms with van der Waals surface area (Å²) in [6.45, 7) is 8.57. The molecular formula is C27H40O4. The van der Waals surface area contributed by atoms with Crippen LogP contribution in [-0.2, 0) is 19.1 Å². The lowest BCUT2D eigenvalue weighted by Gasteiger charge is -2.59. The number of hydrogen-bond acceptors (Lipinski definition) is 4. The highest BCUT2D eigenvalue weighted by Gasteiger charge is 2.62. The number of ether oxygens (including phenoxy) is 1. The zero-order valence-electron chi connectivity index (χ0n) is 19.9. The van der Waals surface area contributed by atoms with Gasteiger partial charge in [-0.1, -0.05) is 39.2 Å². The first-order valence-electron chi connectivity index (χ1n) is 12.6. The standard InChI is InChI=1S/C27H40O4/c1-5-6-7-8-24(30)31-23-16-18-15-19(29)11-13-26(18,3)22-12-14-27(4)20(17(2)28)9-10-21(27)25(22)23/h15,20-23,25H,5-14,16H2,1-4H3/t20-,21+,22+,23?,25+,26+,27-/m1/s1. The van der Waals surface area contributed by atoms with E-state index in [-0.39, 0.29) is 34.6 Å². The van der Waals surface area contributed by atoms with Crippen LogP contribution in [0.25, 0.3) is 0 Å². The Morgan fingerprint density at radius 1 is 1.10 bits per heavy atom. The Labute approximate surface area is 187 Å². The monoisotopic (exact) mass is 428 g/mol. The summed E-state index contributed by atoms with van der Waals surface area (Å²) in [6, 6.07) is 0. The maximum Gasteiger partial charge on any atom is 0.306 e. The molecule has 0 radical (unpaired) electrons. The van der Waals surface area contributed by atoms with E-state index in [4.69, 9.17) is 4.74 Å². The van der Waals surface area contributed by atoms with Crippen LogP contribution in [0.5, 0.6) is 0 Å². The minimum atomic E-state index is -0.153. The summed E-state index contributed by atoms with van der Waals surface area (Å²) in [5.41, 5.74) is 1.25. The minimum absolute atomic E-state index is 0.0158. The van der Waals surface area contributed by atoms with Gasteiger partial charge in [0.15, 0.2) is 5.78 Å². The molecule has 1 unspecified atom stereocenters. The number of carbonyl (C=O) groups is 3. The average Bonchev–Trinajstić information content (AvgIpc) is 3.07. The summed E-state index contributed by atoms with van der Waals surface area (Å²) in [7, 11) is 0. The van der Waals surface area contributed by atoms with Gasteiger partial charge in [-0.25, -0.2) is 0 Å². The number of fused-ring (bicyclic) bond motifs is 5. The summed E-state index contributed by atoms with van der Waals surface area (Å²) >= 11 is 0. The summed E-state index contributed by atoms with van der Waals surface area (Å²) in [6.07, 6.45) is 11.6. The van der Waals surface area contributed by atoms with Gasteiger partial charge in [-0.2, -0.15) is 0 Å². The zero-order valence-corrected chi connectivity index (χ0v) is 19.9. The second-order valence-corrected chi connectivity index (χ2v) is 11.3. The zero-order chi connectivity index (χ0) is 22.4. The predicted molar refractivity (Wildman–Crippen MR) is 120 cm³/mol. The van der Waals surface area contributed by atoms with Gasteiger partial charge < -0.3 is 4.74 Å². The molecule has 0 aromatic rings. The van der Waals surface area contributed by atoms with Gasteiger partial charge in [0.1, 0.15) is 11.9 Å². The van der Waals surface area contributed by atoms with Crippen molar-refractivity contribution in [2.45, 2.75) is 104 Å². The number of esters is 1. The third-order valence-electron chi connectivity index (χ3n) is 9.72. The van der Waals surface area contributed by atoms with E-state index in [2.05, 4.69) is 20.8 Å². The van der Waals surface area contributed by atoms with Gasteiger partial charge in [-0.15, -0.1) is 0 Å². The summed E-state index contributed by atoms with van der Waals surface area (Å²) in [5, 5.41) is 0. The number of unbranched alkanes of at least 4 members (excludes halogenated alkanes) is 2. The fourth-order valence-corrected chi connectivity index (χ4v) is 8.03. The van der Waals surface area contributed by atoms with Crippen molar-refractivity contribution in [3.63, 3.8) is 0 Å². The molecule has 172 valence electrons. The van der Waals surface area contributed by atoms with E-state index in [1.165, 1.54) is 5.57 Å². The van der Waals surface area contributed by atoms with E-state index in [9.17, 15) is 14.4 Å². The molecule has 4 aliphatic rings. The summed E-state index contributed by atoms with van der Waals surface area (Å²) in [4.78, 5) is 37.5.